The average molecular weight is 294 g/mol. The second-order valence-corrected chi connectivity index (χ2v) is 5.95. The highest BCUT2D eigenvalue weighted by Gasteiger charge is 2.34. The van der Waals surface area contributed by atoms with Crippen molar-refractivity contribution in [1.29, 1.82) is 0 Å². The molecule has 2 heterocycles. The van der Waals surface area contributed by atoms with Crippen molar-refractivity contribution in [3.63, 3.8) is 0 Å². The van der Waals surface area contributed by atoms with E-state index in [4.69, 9.17) is 5.73 Å². The van der Waals surface area contributed by atoms with E-state index < -0.39 is 6.03 Å². The van der Waals surface area contributed by atoms with Gasteiger partial charge in [0.05, 0.1) is 10.2 Å². The fraction of sp³-hybridized carbons (Fsp3) is 0.385. The second kappa shape index (κ2) is 4.99. The normalized spacial score (nSPS) is 23.2. The van der Waals surface area contributed by atoms with Crippen molar-refractivity contribution in [3.8, 4) is 0 Å². The summed E-state index contributed by atoms with van der Waals surface area (Å²) in [6, 6.07) is 3.91. The van der Waals surface area contributed by atoms with Crippen molar-refractivity contribution in [1.82, 2.24) is 15.2 Å². The maximum Gasteiger partial charge on any atom is 0.315 e. The first-order chi connectivity index (χ1) is 9.56. The van der Waals surface area contributed by atoms with Gasteiger partial charge in [-0.1, -0.05) is 0 Å². The highest BCUT2D eigenvalue weighted by molar-refractivity contribution is 7.18. The molecule has 2 amide bonds. The molecule has 2 aromatic rings. The van der Waals surface area contributed by atoms with E-state index in [-0.39, 0.29) is 17.9 Å². The summed E-state index contributed by atoms with van der Waals surface area (Å²) in [5.41, 5.74) is 6.20. The minimum atomic E-state index is -0.450. The molecule has 1 aliphatic heterocycles. The Kier molecular flexibility index (Phi) is 3.31. The molecule has 3 rings (SSSR count). The van der Waals surface area contributed by atoms with Gasteiger partial charge in [-0.25, -0.2) is 14.2 Å². The Labute approximate surface area is 119 Å². The number of urea groups is 1. The molecule has 0 bridgehead atoms. The van der Waals surface area contributed by atoms with E-state index >= 15 is 0 Å². The maximum atomic E-state index is 13.3. The first-order valence-corrected chi connectivity index (χ1v) is 7.23. The summed E-state index contributed by atoms with van der Waals surface area (Å²) in [6.07, 6.45) is 0. The van der Waals surface area contributed by atoms with Crippen molar-refractivity contribution >= 4 is 27.6 Å². The molecule has 2 unspecified atom stereocenters. The van der Waals surface area contributed by atoms with Gasteiger partial charge in [-0.3, -0.25) is 0 Å². The predicted molar refractivity (Wildman–Crippen MR) is 76.1 cm³/mol. The first kappa shape index (κ1) is 13.3. The number of thiazole rings is 1. The summed E-state index contributed by atoms with van der Waals surface area (Å²) in [6.45, 7) is 3.25. The van der Waals surface area contributed by atoms with E-state index in [1.807, 2.05) is 6.92 Å². The largest absolute Gasteiger partial charge is 0.351 e. The monoisotopic (exact) mass is 294 g/mol. The van der Waals surface area contributed by atoms with Crippen LogP contribution in [0.5, 0.6) is 0 Å². The number of piperazine rings is 1. The molecule has 5 nitrogen and oxygen atoms in total. The van der Waals surface area contributed by atoms with Gasteiger partial charge in [0.2, 0.25) is 0 Å². The summed E-state index contributed by atoms with van der Waals surface area (Å²) in [5, 5.41) is 4.10. The van der Waals surface area contributed by atoms with E-state index in [2.05, 4.69) is 10.3 Å². The van der Waals surface area contributed by atoms with Crippen LogP contribution < -0.4 is 11.1 Å². The molecule has 0 saturated carbocycles. The number of fused-ring (bicyclic) bond motifs is 1. The number of benzene rings is 1. The number of carbonyl (C=O) groups excluding carboxylic acids is 1. The predicted octanol–water partition coefficient (Wildman–Crippen LogP) is 1.85. The number of nitrogens with one attached hydrogen (secondary N) is 1. The van der Waals surface area contributed by atoms with Crippen LogP contribution in [0.3, 0.4) is 0 Å². The van der Waals surface area contributed by atoms with E-state index in [0.717, 1.165) is 15.2 Å². The number of aromatic nitrogens is 1. The zero-order valence-corrected chi connectivity index (χ0v) is 11.8. The number of nitrogens with zero attached hydrogens (tertiary/aromatic N) is 2. The van der Waals surface area contributed by atoms with Crippen molar-refractivity contribution in [2.75, 3.05) is 13.1 Å². The summed E-state index contributed by atoms with van der Waals surface area (Å²) >= 11 is 1.40. The number of rotatable bonds is 1. The molecule has 1 aliphatic rings. The van der Waals surface area contributed by atoms with Crippen LogP contribution in [-0.4, -0.2) is 35.0 Å². The molecular weight excluding hydrogens is 279 g/mol. The SMILES string of the molecule is CC1NCCN(C(N)=O)C1c1nc2ccc(F)cc2s1. The first-order valence-electron chi connectivity index (χ1n) is 6.41. The highest BCUT2D eigenvalue weighted by Crippen LogP contribution is 2.33. The molecule has 106 valence electrons. The third kappa shape index (κ3) is 2.23. The molecule has 2 atom stereocenters. The van der Waals surface area contributed by atoms with Crippen LogP contribution in [0.25, 0.3) is 10.2 Å². The molecule has 20 heavy (non-hydrogen) atoms. The molecule has 1 aromatic heterocycles. The number of nitrogens with two attached hydrogens (primary N) is 1. The molecule has 3 N–H and O–H groups in total. The van der Waals surface area contributed by atoms with E-state index in [1.54, 1.807) is 11.0 Å². The highest BCUT2D eigenvalue weighted by atomic mass is 32.1. The van der Waals surface area contributed by atoms with Gasteiger partial charge in [-0.2, -0.15) is 0 Å². The van der Waals surface area contributed by atoms with Gasteiger partial charge in [-0.05, 0) is 25.1 Å². The summed E-state index contributed by atoms with van der Waals surface area (Å²) in [7, 11) is 0. The second-order valence-electron chi connectivity index (χ2n) is 4.88. The smallest absolute Gasteiger partial charge is 0.315 e. The van der Waals surface area contributed by atoms with Crippen LogP contribution in [0.15, 0.2) is 18.2 Å². The lowest BCUT2D eigenvalue weighted by molar-refractivity contribution is 0.144. The van der Waals surface area contributed by atoms with E-state index in [0.29, 0.717) is 13.1 Å². The maximum absolute atomic E-state index is 13.3. The van der Waals surface area contributed by atoms with Gasteiger partial charge in [0, 0.05) is 19.1 Å². The number of halogens is 1. The number of hydrogen-bond acceptors (Lipinski definition) is 4. The van der Waals surface area contributed by atoms with Crippen LogP contribution in [0, 0.1) is 5.82 Å². The molecule has 0 radical (unpaired) electrons. The third-order valence-electron chi connectivity index (χ3n) is 3.53. The Morgan fingerprint density at radius 2 is 2.40 bits per heavy atom. The number of carbonyl (C=O) groups is 1. The minimum absolute atomic E-state index is 0.0571. The number of primary amides is 1. The Balaban J connectivity index is 2.04. The molecule has 1 aromatic carbocycles. The summed E-state index contributed by atoms with van der Waals surface area (Å²) < 4.78 is 14.0. The van der Waals surface area contributed by atoms with Gasteiger partial charge in [-0.15, -0.1) is 11.3 Å². The molecule has 7 heteroatoms. The third-order valence-corrected chi connectivity index (χ3v) is 4.62. The van der Waals surface area contributed by atoms with Crippen molar-refractivity contribution in [2.24, 2.45) is 5.73 Å². The molecule has 1 fully saturated rings. The quantitative estimate of drug-likeness (QED) is 0.843. The Hall–Kier alpha value is -1.73. The minimum Gasteiger partial charge on any atom is -0.351 e. The number of hydrogen-bond donors (Lipinski definition) is 2. The standard InChI is InChI=1S/C13H15FN4OS/c1-7-11(18(13(15)19)5-4-16-7)12-17-9-3-2-8(14)6-10(9)20-12/h2-3,6-7,11,16H,4-5H2,1H3,(H2,15,19). The molecule has 1 saturated heterocycles. The van der Waals surface area contributed by atoms with Crippen molar-refractivity contribution in [3.05, 3.63) is 29.0 Å². The fourth-order valence-corrected chi connectivity index (χ4v) is 3.78. The Morgan fingerprint density at radius 3 is 3.15 bits per heavy atom. The lowest BCUT2D eigenvalue weighted by Crippen LogP contribution is -2.54. The Bertz CT molecular complexity index is 659. The van der Waals surface area contributed by atoms with Gasteiger partial charge in [0.15, 0.2) is 0 Å². The van der Waals surface area contributed by atoms with Crippen LogP contribution in [0.2, 0.25) is 0 Å². The van der Waals surface area contributed by atoms with Crippen LogP contribution in [0.4, 0.5) is 9.18 Å². The zero-order valence-electron chi connectivity index (χ0n) is 11.0. The molecular formula is C13H15FN4OS. The van der Waals surface area contributed by atoms with Crippen LogP contribution in [-0.2, 0) is 0 Å². The molecule has 0 spiro atoms. The zero-order chi connectivity index (χ0) is 14.3. The number of amides is 2. The van der Waals surface area contributed by atoms with E-state index in [1.165, 1.54) is 23.5 Å². The topological polar surface area (TPSA) is 71.2 Å². The average Bonchev–Trinajstić information content (AvgIpc) is 2.80. The van der Waals surface area contributed by atoms with Gasteiger partial charge >= 0.3 is 6.03 Å². The van der Waals surface area contributed by atoms with Crippen molar-refractivity contribution < 1.29 is 9.18 Å². The van der Waals surface area contributed by atoms with Crippen LogP contribution >= 0.6 is 11.3 Å². The summed E-state index contributed by atoms with van der Waals surface area (Å²) in [4.78, 5) is 17.7. The van der Waals surface area contributed by atoms with E-state index in [9.17, 15) is 9.18 Å². The van der Waals surface area contributed by atoms with Gasteiger partial charge in [0.1, 0.15) is 16.9 Å². The van der Waals surface area contributed by atoms with Gasteiger partial charge in [0.25, 0.3) is 0 Å². The molecule has 0 aliphatic carbocycles. The summed E-state index contributed by atoms with van der Waals surface area (Å²) in [5.74, 6) is -0.283. The Morgan fingerprint density at radius 1 is 1.60 bits per heavy atom. The lowest BCUT2D eigenvalue weighted by Gasteiger charge is -2.38. The van der Waals surface area contributed by atoms with Gasteiger partial charge < -0.3 is 16.0 Å². The fourth-order valence-electron chi connectivity index (χ4n) is 2.57. The van der Waals surface area contributed by atoms with Crippen molar-refractivity contribution in [2.45, 2.75) is 19.0 Å². The van der Waals surface area contributed by atoms with Crippen LogP contribution in [0.1, 0.15) is 18.0 Å². The lowest BCUT2D eigenvalue weighted by atomic mass is 10.1.